The molecule has 3 aromatic rings. The summed E-state index contributed by atoms with van der Waals surface area (Å²) in [6.07, 6.45) is -0.144. The molecule has 1 saturated heterocycles. The lowest BCUT2D eigenvalue weighted by Gasteiger charge is -2.30. The first-order valence-electron chi connectivity index (χ1n) is 9.49. The maximum absolute atomic E-state index is 12.4. The van der Waals surface area contributed by atoms with Gasteiger partial charge in [0.05, 0.1) is 18.3 Å². The van der Waals surface area contributed by atoms with Crippen LogP contribution >= 0.6 is 0 Å². The van der Waals surface area contributed by atoms with E-state index in [2.05, 4.69) is 4.98 Å². The van der Waals surface area contributed by atoms with Crippen molar-refractivity contribution in [2.75, 3.05) is 19.6 Å². The number of rotatable bonds is 5. The first-order valence-corrected chi connectivity index (χ1v) is 9.49. The number of nitrogens with one attached hydrogen (secondary N) is 1. The normalized spacial score (nSPS) is 13.9. The van der Waals surface area contributed by atoms with E-state index in [4.69, 9.17) is 0 Å². The molecule has 1 N–H and O–H groups in total. The van der Waals surface area contributed by atoms with E-state index in [0.717, 1.165) is 30.8 Å². The number of likely N-dealkylation sites (tertiary alicyclic amines) is 1. The molecule has 0 bridgehead atoms. The summed E-state index contributed by atoms with van der Waals surface area (Å²) in [7, 11) is 0. The van der Waals surface area contributed by atoms with Crippen LogP contribution in [-0.2, 0) is 11.2 Å². The second-order valence-electron chi connectivity index (χ2n) is 7.20. The molecule has 1 aliphatic rings. The fourth-order valence-corrected chi connectivity index (χ4v) is 3.32. The number of benzene rings is 1. The molecule has 9 heteroatoms. The Morgan fingerprint density at radius 3 is 2.63 bits per heavy atom. The predicted molar refractivity (Wildman–Crippen MR) is 104 cm³/mol. The molecule has 30 heavy (non-hydrogen) atoms. The Bertz CT molecular complexity index is 1100. The van der Waals surface area contributed by atoms with Crippen LogP contribution in [0.15, 0.2) is 48.8 Å². The second kappa shape index (κ2) is 7.81. The minimum atomic E-state index is -4.44. The van der Waals surface area contributed by atoms with Crippen LogP contribution in [0, 0.1) is 0 Å². The average Bonchev–Trinajstić information content (AvgIpc) is 3.08. The Morgan fingerprint density at radius 1 is 1.13 bits per heavy atom. The Kier molecular flexibility index (Phi) is 5.19. The Balaban J connectivity index is 1.53. The fraction of sp³-hybridized carbons (Fsp3) is 0.286. The number of fused-ring (bicyclic) bond motifs is 1. The summed E-state index contributed by atoms with van der Waals surface area (Å²) >= 11 is 0. The summed E-state index contributed by atoms with van der Waals surface area (Å²) in [5.41, 5.74) is 3.31. The van der Waals surface area contributed by atoms with E-state index in [-0.39, 0.29) is 12.3 Å². The summed E-state index contributed by atoms with van der Waals surface area (Å²) in [5, 5.41) is 1.87. The van der Waals surface area contributed by atoms with Gasteiger partial charge in [-0.3, -0.25) is 14.0 Å². The van der Waals surface area contributed by atoms with Gasteiger partial charge in [-0.2, -0.15) is 13.2 Å². The zero-order valence-corrected chi connectivity index (χ0v) is 15.9. The number of hydrogen-bond donors (Lipinski definition) is 1. The maximum Gasteiger partial charge on any atom is 0.405 e. The van der Waals surface area contributed by atoms with Gasteiger partial charge in [-0.1, -0.05) is 18.2 Å². The van der Waals surface area contributed by atoms with Crippen molar-refractivity contribution in [3.63, 3.8) is 0 Å². The highest BCUT2D eigenvalue weighted by Crippen LogP contribution is 2.23. The lowest BCUT2D eigenvalue weighted by molar-refractivity contribution is -0.138. The third-order valence-corrected chi connectivity index (χ3v) is 4.98. The van der Waals surface area contributed by atoms with E-state index in [1.165, 1.54) is 0 Å². The number of carbonyl (C=O) groups is 2. The van der Waals surface area contributed by atoms with Crippen LogP contribution in [0.25, 0.3) is 16.9 Å². The predicted octanol–water partition coefficient (Wildman–Crippen LogP) is 3.07. The lowest BCUT2D eigenvalue weighted by atomic mass is 10.1. The number of imidazole rings is 1. The number of nitrogens with zero attached hydrogens (tertiary/aromatic N) is 3. The lowest BCUT2D eigenvalue weighted by Crippen LogP contribution is -2.42. The van der Waals surface area contributed by atoms with Gasteiger partial charge >= 0.3 is 6.18 Å². The van der Waals surface area contributed by atoms with Crippen LogP contribution in [0.1, 0.15) is 22.3 Å². The van der Waals surface area contributed by atoms with E-state index in [9.17, 15) is 22.8 Å². The molecule has 0 unspecified atom stereocenters. The van der Waals surface area contributed by atoms with Crippen molar-refractivity contribution in [2.24, 2.45) is 0 Å². The molecule has 4 rings (SSSR count). The monoisotopic (exact) mass is 416 g/mol. The first kappa shape index (κ1) is 19.9. The molecule has 1 fully saturated rings. The van der Waals surface area contributed by atoms with Crippen molar-refractivity contribution >= 4 is 17.5 Å². The van der Waals surface area contributed by atoms with Crippen LogP contribution < -0.4 is 5.32 Å². The van der Waals surface area contributed by atoms with E-state index < -0.39 is 18.6 Å². The number of amides is 2. The molecule has 2 aromatic heterocycles. The molecule has 0 aliphatic carbocycles. The van der Waals surface area contributed by atoms with Crippen LogP contribution in [0.5, 0.6) is 0 Å². The van der Waals surface area contributed by atoms with Crippen molar-refractivity contribution < 1.29 is 22.8 Å². The summed E-state index contributed by atoms with van der Waals surface area (Å²) in [6.45, 7) is 0.192. The maximum atomic E-state index is 12.4. The van der Waals surface area contributed by atoms with Crippen LogP contribution in [0.4, 0.5) is 13.2 Å². The van der Waals surface area contributed by atoms with Gasteiger partial charge in [0.2, 0.25) is 5.91 Å². The third kappa shape index (κ3) is 4.29. The highest BCUT2D eigenvalue weighted by Gasteiger charge is 2.27. The van der Waals surface area contributed by atoms with E-state index in [0.29, 0.717) is 16.8 Å². The van der Waals surface area contributed by atoms with E-state index in [1.807, 2.05) is 15.8 Å². The largest absolute Gasteiger partial charge is 0.405 e. The summed E-state index contributed by atoms with van der Waals surface area (Å²) in [4.78, 5) is 30.3. The summed E-state index contributed by atoms with van der Waals surface area (Å²) < 4.78 is 38.6. The molecule has 156 valence electrons. The molecular formula is C21H19F3N4O2. The minimum absolute atomic E-state index is 0.0137. The van der Waals surface area contributed by atoms with Gasteiger partial charge in [0.1, 0.15) is 12.2 Å². The standard InChI is InChI=1S/C21H19F3N4O2/c22-21(23,24)13-26-19(29)10-14-3-1-4-15(9-14)17-12-25-18-11-16(5-8-28(17)18)20(30)27-6-2-7-27/h1,3-5,8-9,11-12H,2,6-7,10,13H2,(H,26,29). The second-order valence-corrected chi connectivity index (χ2v) is 7.20. The molecule has 3 heterocycles. The smallest absolute Gasteiger partial charge is 0.347 e. The number of hydrogen-bond acceptors (Lipinski definition) is 3. The van der Waals surface area contributed by atoms with Crippen molar-refractivity contribution in [1.82, 2.24) is 19.6 Å². The van der Waals surface area contributed by atoms with Crippen molar-refractivity contribution in [1.29, 1.82) is 0 Å². The first-order chi connectivity index (χ1) is 14.3. The van der Waals surface area contributed by atoms with Gasteiger partial charge in [0, 0.05) is 30.4 Å². The Morgan fingerprint density at radius 2 is 1.93 bits per heavy atom. The van der Waals surface area contributed by atoms with Crippen molar-refractivity contribution in [2.45, 2.75) is 19.0 Å². The van der Waals surface area contributed by atoms with Crippen LogP contribution in [0.2, 0.25) is 0 Å². The van der Waals surface area contributed by atoms with Crippen molar-refractivity contribution in [3.8, 4) is 11.3 Å². The molecule has 0 atom stereocenters. The van der Waals surface area contributed by atoms with Gasteiger partial charge in [-0.05, 0) is 30.2 Å². The Hall–Kier alpha value is -3.36. The van der Waals surface area contributed by atoms with Gasteiger partial charge in [0.25, 0.3) is 5.91 Å². The number of aromatic nitrogens is 2. The van der Waals surface area contributed by atoms with Gasteiger partial charge in [0.15, 0.2) is 0 Å². The number of halogens is 3. The summed E-state index contributed by atoms with van der Waals surface area (Å²) in [6, 6.07) is 10.5. The fourth-order valence-electron chi connectivity index (χ4n) is 3.32. The number of alkyl halides is 3. The molecule has 0 radical (unpaired) electrons. The summed E-state index contributed by atoms with van der Waals surface area (Å²) in [5.74, 6) is -0.711. The zero-order valence-electron chi connectivity index (χ0n) is 15.9. The Labute approximate surface area is 170 Å². The molecule has 1 aliphatic heterocycles. The highest BCUT2D eigenvalue weighted by molar-refractivity contribution is 5.95. The average molecular weight is 416 g/mol. The topological polar surface area (TPSA) is 66.7 Å². The SMILES string of the molecule is O=C(Cc1cccc(-c2cnc3cc(C(=O)N4CCC4)ccn23)c1)NCC(F)(F)F. The molecule has 6 nitrogen and oxygen atoms in total. The van der Waals surface area contributed by atoms with Crippen LogP contribution in [-0.4, -0.2) is 51.9 Å². The van der Waals surface area contributed by atoms with Gasteiger partial charge in [-0.25, -0.2) is 4.98 Å². The number of carbonyl (C=O) groups excluding carboxylic acids is 2. The van der Waals surface area contributed by atoms with E-state index >= 15 is 0 Å². The molecular weight excluding hydrogens is 397 g/mol. The number of pyridine rings is 1. The molecule has 0 saturated carbocycles. The highest BCUT2D eigenvalue weighted by atomic mass is 19.4. The zero-order chi connectivity index (χ0) is 21.3. The quantitative estimate of drug-likeness (QED) is 0.695. The third-order valence-electron chi connectivity index (χ3n) is 4.98. The van der Waals surface area contributed by atoms with Crippen LogP contribution in [0.3, 0.4) is 0 Å². The van der Waals surface area contributed by atoms with Gasteiger partial charge < -0.3 is 10.2 Å². The van der Waals surface area contributed by atoms with E-state index in [1.54, 1.807) is 47.6 Å². The molecule has 2 amide bonds. The van der Waals surface area contributed by atoms with Gasteiger partial charge in [-0.15, -0.1) is 0 Å². The molecule has 1 aromatic carbocycles. The molecule has 0 spiro atoms. The minimum Gasteiger partial charge on any atom is -0.347 e. The van der Waals surface area contributed by atoms with Crippen molar-refractivity contribution in [3.05, 3.63) is 59.9 Å².